The van der Waals surface area contributed by atoms with Crippen LogP contribution in [0, 0.1) is 17.3 Å². The van der Waals surface area contributed by atoms with E-state index < -0.39 is 11.7 Å². The van der Waals surface area contributed by atoms with E-state index in [0.29, 0.717) is 12.3 Å². The standard InChI is InChI=1S/C10H16O3/c1-6-7-3-4-10(6,8(11)5-7)9(12)13-2/h6-7,9,12H,3-5H2,1-2H3. The monoisotopic (exact) mass is 184 g/mol. The zero-order chi connectivity index (χ0) is 9.64. The highest BCUT2D eigenvalue weighted by atomic mass is 16.6. The number of carbonyl (C=O) groups is 1. The highest BCUT2D eigenvalue weighted by Gasteiger charge is 2.61. The van der Waals surface area contributed by atoms with Gasteiger partial charge in [-0.2, -0.15) is 0 Å². The lowest BCUT2D eigenvalue weighted by Crippen LogP contribution is -2.42. The van der Waals surface area contributed by atoms with Crippen LogP contribution in [0.4, 0.5) is 0 Å². The largest absolute Gasteiger partial charge is 0.367 e. The van der Waals surface area contributed by atoms with Crippen molar-refractivity contribution in [2.75, 3.05) is 7.11 Å². The molecule has 2 aliphatic carbocycles. The van der Waals surface area contributed by atoms with E-state index in [0.717, 1.165) is 12.8 Å². The van der Waals surface area contributed by atoms with Crippen molar-refractivity contribution < 1.29 is 14.6 Å². The van der Waals surface area contributed by atoms with Gasteiger partial charge in [-0.3, -0.25) is 4.79 Å². The zero-order valence-electron chi connectivity index (χ0n) is 8.12. The fourth-order valence-corrected chi connectivity index (χ4v) is 3.12. The molecule has 2 saturated carbocycles. The Morgan fingerprint density at radius 3 is 2.77 bits per heavy atom. The van der Waals surface area contributed by atoms with Crippen LogP contribution in [0.1, 0.15) is 26.2 Å². The Labute approximate surface area is 78.1 Å². The number of hydrogen-bond donors (Lipinski definition) is 1. The van der Waals surface area contributed by atoms with E-state index in [1.165, 1.54) is 7.11 Å². The summed E-state index contributed by atoms with van der Waals surface area (Å²) < 4.78 is 4.93. The summed E-state index contributed by atoms with van der Waals surface area (Å²) in [7, 11) is 1.46. The van der Waals surface area contributed by atoms with Gasteiger partial charge in [-0.05, 0) is 24.7 Å². The van der Waals surface area contributed by atoms with Gasteiger partial charge in [0.1, 0.15) is 5.78 Å². The molecule has 2 bridgehead atoms. The number of ether oxygens (including phenoxy) is 1. The molecule has 13 heavy (non-hydrogen) atoms. The van der Waals surface area contributed by atoms with E-state index in [1.807, 2.05) is 0 Å². The second-order valence-electron chi connectivity index (χ2n) is 4.34. The number of aliphatic hydroxyl groups is 1. The van der Waals surface area contributed by atoms with Crippen LogP contribution in [0.15, 0.2) is 0 Å². The molecular weight excluding hydrogens is 168 g/mol. The van der Waals surface area contributed by atoms with Gasteiger partial charge in [-0.25, -0.2) is 0 Å². The van der Waals surface area contributed by atoms with Gasteiger partial charge in [0, 0.05) is 13.5 Å². The molecule has 3 nitrogen and oxygen atoms in total. The molecule has 0 radical (unpaired) electrons. The van der Waals surface area contributed by atoms with Crippen molar-refractivity contribution in [1.29, 1.82) is 0 Å². The first kappa shape index (κ1) is 9.16. The second kappa shape index (κ2) is 2.79. The van der Waals surface area contributed by atoms with Gasteiger partial charge in [0.15, 0.2) is 6.29 Å². The molecule has 4 atom stereocenters. The summed E-state index contributed by atoms with van der Waals surface area (Å²) >= 11 is 0. The molecule has 74 valence electrons. The van der Waals surface area contributed by atoms with E-state index in [2.05, 4.69) is 6.92 Å². The topological polar surface area (TPSA) is 46.5 Å². The van der Waals surface area contributed by atoms with Crippen LogP contribution < -0.4 is 0 Å². The minimum absolute atomic E-state index is 0.200. The summed E-state index contributed by atoms with van der Waals surface area (Å²) in [6.45, 7) is 2.06. The minimum atomic E-state index is -0.900. The van der Waals surface area contributed by atoms with Gasteiger partial charge >= 0.3 is 0 Å². The van der Waals surface area contributed by atoms with E-state index in [1.54, 1.807) is 0 Å². The van der Waals surface area contributed by atoms with Crippen LogP contribution in [-0.4, -0.2) is 24.3 Å². The van der Waals surface area contributed by atoms with Crippen molar-refractivity contribution >= 4 is 5.78 Å². The molecule has 2 fully saturated rings. The van der Waals surface area contributed by atoms with E-state index in [4.69, 9.17) is 4.74 Å². The molecule has 4 unspecified atom stereocenters. The highest BCUT2D eigenvalue weighted by Crippen LogP contribution is 2.57. The molecular formula is C10H16O3. The normalized spacial score (nSPS) is 45.6. The van der Waals surface area contributed by atoms with E-state index >= 15 is 0 Å². The highest BCUT2D eigenvalue weighted by molar-refractivity contribution is 5.89. The zero-order valence-corrected chi connectivity index (χ0v) is 8.12. The van der Waals surface area contributed by atoms with Crippen LogP contribution in [0.2, 0.25) is 0 Å². The van der Waals surface area contributed by atoms with Crippen LogP contribution in [0.25, 0.3) is 0 Å². The van der Waals surface area contributed by atoms with Gasteiger partial charge in [0.2, 0.25) is 0 Å². The van der Waals surface area contributed by atoms with Crippen molar-refractivity contribution in [3.8, 4) is 0 Å². The van der Waals surface area contributed by atoms with Crippen LogP contribution in [0.5, 0.6) is 0 Å². The number of fused-ring (bicyclic) bond motifs is 2. The van der Waals surface area contributed by atoms with E-state index in [9.17, 15) is 9.90 Å². The summed E-state index contributed by atoms with van der Waals surface area (Å²) in [6, 6.07) is 0. The molecule has 0 aromatic rings. The van der Waals surface area contributed by atoms with Crippen molar-refractivity contribution in [3.63, 3.8) is 0 Å². The predicted molar refractivity (Wildman–Crippen MR) is 47.0 cm³/mol. The Morgan fingerprint density at radius 1 is 1.69 bits per heavy atom. The average molecular weight is 184 g/mol. The van der Waals surface area contributed by atoms with E-state index in [-0.39, 0.29) is 11.7 Å². The Balaban J connectivity index is 2.33. The Kier molecular flexibility index (Phi) is 1.96. The molecule has 2 aliphatic rings. The van der Waals surface area contributed by atoms with Gasteiger partial charge in [-0.15, -0.1) is 0 Å². The van der Waals surface area contributed by atoms with Gasteiger partial charge in [0.05, 0.1) is 5.41 Å². The Morgan fingerprint density at radius 2 is 2.38 bits per heavy atom. The van der Waals surface area contributed by atoms with Crippen LogP contribution in [-0.2, 0) is 9.53 Å². The molecule has 0 heterocycles. The lowest BCUT2D eigenvalue weighted by Gasteiger charge is -2.32. The lowest BCUT2D eigenvalue weighted by atomic mass is 9.78. The SMILES string of the molecule is COC(O)C12CCC(CC1=O)C2C. The Hall–Kier alpha value is -0.410. The molecule has 3 heteroatoms. The van der Waals surface area contributed by atoms with Gasteiger partial charge in [-0.1, -0.05) is 6.92 Å². The van der Waals surface area contributed by atoms with Crippen molar-refractivity contribution in [2.45, 2.75) is 32.5 Å². The summed E-state index contributed by atoms with van der Waals surface area (Å²) in [5, 5.41) is 9.73. The van der Waals surface area contributed by atoms with Crippen LogP contribution in [0.3, 0.4) is 0 Å². The van der Waals surface area contributed by atoms with Crippen molar-refractivity contribution in [3.05, 3.63) is 0 Å². The maximum absolute atomic E-state index is 11.7. The molecule has 0 aromatic carbocycles. The lowest BCUT2D eigenvalue weighted by molar-refractivity contribution is -0.175. The maximum atomic E-state index is 11.7. The molecule has 0 amide bonds. The molecule has 0 saturated heterocycles. The molecule has 0 aromatic heterocycles. The number of Topliss-reactive ketones (excluding diaryl/α,β-unsaturated/α-hetero) is 1. The summed E-state index contributed by atoms with van der Waals surface area (Å²) in [5.74, 6) is 0.970. The number of rotatable bonds is 2. The first-order valence-corrected chi connectivity index (χ1v) is 4.87. The Bertz CT molecular complexity index is 238. The second-order valence-corrected chi connectivity index (χ2v) is 4.34. The maximum Gasteiger partial charge on any atom is 0.166 e. The number of methoxy groups -OCH3 is 1. The molecule has 1 N–H and O–H groups in total. The third-order valence-electron chi connectivity index (χ3n) is 4.08. The number of hydrogen-bond acceptors (Lipinski definition) is 3. The van der Waals surface area contributed by atoms with Gasteiger partial charge < -0.3 is 9.84 Å². The first-order chi connectivity index (χ1) is 6.13. The fourth-order valence-electron chi connectivity index (χ4n) is 3.12. The number of carbonyl (C=O) groups excluding carboxylic acids is 1. The number of aliphatic hydroxyl groups excluding tert-OH is 1. The predicted octanol–water partition coefficient (Wildman–Crippen LogP) is 0.957. The summed E-state index contributed by atoms with van der Waals surface area (Å²) in [6.07, 6.45) is 1.60. The molecule has 2 rings (SSSR count). The third-order valence-corrected chi connectivity index (χ3v) is 4.08. The third kappa shape index (κ3) is 0.945. The van der Waals surface area contributed by atoms with Crippen molar-refractivity contribution in [2.24, 2.45) is 17.3 Å². The molecule has 0 spiro atoms. The van der Waals surface area contributed by atoms with Crippen molar-refractivity contribution in [1.82, 2.24) is 0 Å². The quantitative estimate of drug-likeness (QED) is 0.650. The smallest absolute Gasteiger partial charge is 0.166 e. The summed E-state index contributed by atoms with van der Waals surface area (Å²) in [5.41, 5.74) is -0.570. The van der Waals surface area contributed by atoms with Crippen LogP contribution >= 0.6 is 0 Å². The van der Waals surface area contributed by atoms with Gasteiger partial charge in [0.25, 0.3) is 0 Å². The summed E-state index contributed by atoms with van der Waals surface area (Å²) in [4.78, 5) is 11.7. The number of ketones is 1. The minimum Gasteiger partial charge on any atom is -0.367 e. The fraction of sp³-hybridized carbons (Fsp3) is 0.900. The first-order valence-electron chi connectivity index (χ1n) is 4.87. The molecule has 0 aliphatic heterocycles. The average Bonchev–Trinajstić information content (AvgIpc) is 2.56.